The number of carbonyl (C=O) groups is 3. The molecule has 17 atom stereocenters. The van der Waals surface area contributed by atoms with Gasteiger partial charge in [-0.25, -0.2) is 4.39 Å². The van der Waals surface area contributed by atoms with Crippen LogP contribution in [0, 0.1) is 47.2 Å². The van der Waals surface area contributed by atoms with Gasteiger partial charge in [0.15, 0.2) is 5.79 Å². The Balaban J connectivity index is 1.11. The fourth-order valence-electron chi connectivity index (χ4n) is 11.5. The van der Waals surface area contributed by atoms with Gasteiger partial charge < -0.3 is 39.2 Å². The van der Waals surface area contributed by atoms with Crippen molar-refractivity contribution in [3.8, 4) is 0 Å². The zero-order valence-electron chi connectivity index (χ0n) is 39.0. The largest absolute Gasteiger partial charge is 0.392 e. The number of aliphatic hydroxyl groups is 2. The molecule has 1 aromatic carbocycles. The molecular weight excluding hydrogens is 794 g/mol. The van der Waals surface area contributed by atoms with Gasteiger partial charge in [0, 0.05) is 36.6 Å². The third-order valence-electron chi connectivity index (χ3n) is 15.9. The number of amides is 1. The van der Waals surface area contributed by atoms with Crippen molar-refractivity contribution in [1.82, 2.24) is 5.32 Å². The number of hydrogen-bond acceptors (Lipinski definition) is 10. The number of carbonyl (C=O) groups excluding carboxylic acids is 3. The van der Waals surface area contributed by atoms with Crippen LogP contribution in [0.15, 0.2) is 36.4 Å². The highest BCUT2D eigenvalue weighted by Crippen LogP contribution is 2.53. The molecule has 0 radical (unpaired) electrons. The number of hydrogen-bond donors (Lipinski definition) is 3. The molecule has 0 saturated carbocycles. The van der Waals surface area contributed by atoms with Gasteiger partial charge in [-0.3, -0.25) is 14.4 Å². The summed E-state index contributed by atoms with van der Waals surface area (Å²) in [5.74, 6) is -5.75. The molecule has 12 heteroatoms. The van der Waals surface area contributed by atoms with Gasteiger partial charge in [-0.05, 0) is 120 Å². The number of rotatable bonds is 15. The van der Waals surface area contributed by atoms with E-state index in [-0.39, 0.29) is 71.4 Å². The second kappa shape index (κ2) is 19.5. The van der Waals surface area contributed by atoms with Crippen molar-refractivity contribution in [2.45, 2.75) is 199 Å². The maximum atomic E-state index is 14.6. The molecule has 6 rings (SSSR count). The third kappa shape index (κ3) is 9.68. The second-order valence-corrected chi connectivity index (χ2v) is 20.1. The molecule has 5 aliphatic heterocycles. The van der Waals surface area contributed by atoms with Crippen molar-refractivity contribution in [3.63, 3.8) is 0 Å². The van der Waals surface area contributed by atoms with Crippen LogP contribution in [-0.4, -0.2) is 93.6 Å². The molecule has 62 heavy (non-hydrogen) atoms. The van der Waals surface area contributed by atoms with Crippen LogP contribution in [0.5, 0.6) is 0 Å². The Kier molecular flexibility index (Phi) is 15.4. The number of nitrogens with one attached hydrogen (secondary N) is 1. The van der Waals surface area contributed by atoms with Gasteiger partial charge >= 0.3 is 0 Å². The lowest BCUT2D eigenvalue weighted by molar-refractivity contribution is -0.378. The predicted octanol–water partition coefficient (Wildman–Crippen LogP) is 7.81. The van der Waals surface area contributed by atoms with Gasteiger partial charge in [0.2, 0.25) is 17.5 Å². The average molecular weight is 870 g/mol. The lowest BCUT2D eigenvalue weighted by atomic mass is 9.72. The minimum absolute atomic E-state index is 0.0173. The third-order valence-corrected chi connectivity index (χ3v) is 15.9. The Labute approximate surface area is 369 Å². The van der Waals surface area contributed by atoms with Crippen LogP contribution < -0.4 is 5.32 Å². The standard InChI is InChI=1S/C50H76FNO10/c1-11-37(46(56)52-27-22-35-15-17-36(51)18-16-35)39-19-14-29(4)44(59-39)33(8)42(54)32(7)43(55)38(12-2)45-30(5)28-31(6)49(60-45)24-20-40(53)50(62-49)26-25-47(10,61-50)41-21-23-48(57,13-3)34(9)58-41/h15-18,20,24,29-34,37-39,41-42,44-45,54,57H,11-14,19,21-23,25-28H2,1-10H3,(H,52,56)/t29-,30-,31+,32-,33-,34-,37+,38-,39+,41+,42+,44+,45-,47-,48+,49-,50-/m0/s1. The summed E-state index contributed by atoms with van der Waals surface area (Å²) in [6, 6.07) is 6.28. The SMILES string of the molecule is CC[C@@H](C(=O)[C@@H](C)[C@@H](O)[C@H](C)[C@@H]1O[C@@H]([C@@H](CC)C(=O)NCCc2ccc(F)cc2)CC[C@@H]1C)[C@H]1O[C@]2(C=CC(=O)[C@]3(CC[C@@](C)([C@H]4CC[C@](O)(CC)[C@H](C)O4)O3)O2)[C@H](C)C[C@@H]1C. The molecule has 0 bridgehead atoms. The summed E-state index contributed by atoms with van der Waals surface area (Å²) in [6.45, 7) is 20.2. The molecular formula is C50H76FNO10. The van der Waals surface area contributed by atoms with Gasteiger partial charge in [0.05, 0.1) is 53.7 Å². The summed E-state index contributed by atoms with van der Waals surface area (Å²) in [7, 11) is 0. The van der Waals surface area contributed by atoms with E-state index in [0.29, 0.717) is 64.3 Å². The van der Waals surface area contributed by atoms with E-state index in [4.69, 9.17) is 23.7 Å². The summed E-state index contributed by atoms with van der Waals surface area (Å²) in [6.07, 6.45) is 6.76. The minimum atomic E-state index is -1.57. The van der Waals surface area contributed by atoms with Crippen molar-refractivity contribution in [2.75, 3.05) is 6.54 Å². The number of ketones is 2. The highest BCUT2D eigenvalue weighted by molar-refractivity contribution is 5.97. The van der Waals surface area contributed by atoms with E-state index in [9.17, 15) is 29.0 Å². The van der Waals surface area contributed by atoms with E-state index in [1.54, 1.807) is 25.1 Å². The number of Topliss-reactive ketones (excluding diaryl/α,β-unsaturated/α-hetero) is 1. The fraction of sp³-hybridized carbons (Fsp3) is 0.780. The summed E-state index contributed by atoms with van der Waals surface area (Å²) >= 11 is 0. The van der Waals surface area contributed by atoms with Crippen LogP contribution in [0.2, 0.25) is 0 Å². The summed E-state index contributed by atoms with van der Waals surface area (Å²) in [5.41, 5.74) is -0.784. The first kappa shape index (κ1) is 48.9. The smallest absolute Gasteiger partial charge is 0.236 e. The Morgan fingerprint density at radius 3 is 2.24 bits per heavy atom. The van der Waals surface area contributed by atoms with Crippen molar-refractivity contribution in [3.05, 3.63) is 47.8 Å². The molecule has 4 fully saturated rings. The Morgan fingerprint density at radius 2 is 1.60 bits per heavy atom. The first-order chi connectivity index (χ1) is 29.3. The molecule has 0 aliphatic carbocycles. The zero-order chi connectivity index (χ0) is 45.4. The molecule has 0 aromatic heterocycles. The number of aliphatic hydroxyl groups excluding tert-OH is 1. The van der Waals surface area contributed by atoms with Crippen molar-refractivity contribution < 1.29 is 52.7 Å². The van der Waals surface area contributed by atoms with Gasteiger partial charge in [-0.1, -0.05) is 67.5 Å². The van der Waals surface area contributed by atoms with Crippen molar-refractivity contribution >= 4 is 17.5 Å². The number of ether oxygens (including phenoxy) is 5. The van der Waals surface area contributed by atoms with Crippen molar-refractivity contribution in [1.29, 1.82) is 0 Å². The second-order valence-electron chi connectivity index (χ2n) is 20.1. The van der Waals surface area contributed by atoms with Gasteiger partial charge in [0.1, 0.15) is 11.6 Å². The highest BCUT2D eigenvalue weighted by atomic mass is 19.1. The molecule has 5 aliphatic rings. The van der Waals surface area contributed by atoms with E-state index in [1.165, 1.54) is 18.2 Å². The lowest BCUT2D eigenvalue weighted by Crippen LogP contribution is -2.62. The lowest BCUT2D eigenvalue weighted by Gasteiger charge is -2.53. The Bertz CT molecular complexity index is 1760. The average Bonchev–Trinajstić information content (AvgIpc) is 3.60. The molecule has 0 unspecified atom stereocenters. The zero-order valence-corrected chi connectivity index (χ0v) is 39.0. The van der Waals surface area contributed by atoms with Crippen LogP contribution in [0.4, 0.5) is 4.39 Å². The normalized spacial score (nSPS) is 39.9. The summed E-state index contributed by atoms with van der Waals surface area (Å²) in [4.78, 5) is 41.9. The predicted molar refractivity (Wildman–Crippen MR) is 233 cm³/mol. The van der Waals surface area contributed by atoms with Gasteiger partial charge in [-0.15, -0.1) is 0 Å². The first-order valence-corrected chi connectivity index (χ1v) is 23.8. The van der Waals surface area contributed by atoms with Crippen LogP contribution in [0.25, 0.3) is 0 Å². The van der Waals surface area contributed by atoms with E-state index in [2.05, 4.69) is 19.2 Å². The minimum Gasteiger partial charge on any atom is -0.392 e. The Hall–Kier alpha value is -2.58. The molecule has 348 valence electrons. The first-order valence-electron chi connectivity index (χ1n) is 23.8. The molecule has 4 saturated heterocycles. The fourth-order valence-corrected chi connectivity index (χ4v) is 11.5. The molecule has 1 aromatic rings. The van der Waals surface area contributed by atoms with E-state index >= 15 is 0 Å². The van der Waals surface area contributed by atoms with E-state index < -0.39 is 52.7 Å². The molecule has 2 spiro atoms. The van der Waals surface area contributed by atoms with Crippen LogP contribution in [-0.2, 0) is 44.5 Å². The highest BCUT2D eigenvalue weighted by Gasteiger charge is 2.63. The van der Waals surface area contributed by atoms with Crippen LogP contribution in [0.1, 0.15) is 139 Å². The molecule has 11 nitrogen and oxygen atoms in total. The van der Waals surface area contributed by atoms with E-state index in [0.717, 1.165) is 18.4 Å². The quantitative estimate of drug-likeness (QED) is 0.159. The molecule has 1 amide bonds. The molecule has 3 N–H and O–H groups in total. The maximum Gasteiger partial charge on any atom is 0.236 e. The van der Waals surface area contributed by atoms with Gasteiger partial charge in [0.25, 0.3) is 0 Å². The number of halogens is 1. The summed E-state index contributed by atoms with van der Waals surface area (Å²) < 4.78 is 47.0. The van der Waals surface area contributed by atoms with Gasteiger partial charge in [-0.2, -0.15) is 0 Å². The van der Waals surface area contributed by atoms with Crippen LogP contribution in [0.3, 0.4) is 0 Å². The molecule has 5 heterocycles. The maximum absolute atomic E-state index is 14.6. The number of benzene rings is 1. The summed E-state index contributed by atoms with van der Waals surface area (Å²) in [5, 5.41) is 26.1. The van der Waals surface area contributed by atoms with Crippen LogP contribution >= 0.6 is 0 Å². The van der Waals surface area contributed by atoms with Crippen molar-refractivity contribution in [2.24, 2.45) is 41.4 Å². The van der Waals surface area contributed by atoms with E-state index in [1.807, 2.05) is 48.5 Å². The topological polar surface area (TPSA) is 150 Å². The monoisotopic (exact) mass is 870 g/mol. The Morgan fingerprint density at radius 1 is 0.903 bits per heavy atom.